The minimum atomic E-state index is -0.501. The summed E-state index contributed by atoms with van der Waals surface area (Å²) in [6.07, 6.45) is 1.65. The third kappa shape index (κ3) is 1.99. The first-order valence-corrected chi connectivity index (χ1v) is 6.09. The van der Waals surface area contributed by atoms with E-state index in [1.807, 2.05) is 36.4 Å². The number of benzene rings is 2. The number of imide groups is 1. The van der Waals surface area contributed by atoms with Crippen molar-refractivity contribution < 1.29 is 14.3 Å². The molecule has 0 spiro atoms. The first-order chi connectivity index (χ1) is 9.69. The highest BCUT2D eigenvalue weighted by atomic mass is 16.5. The predicted octanol–water partition coefficient (Wildman–Crippen LogP) is 2.03. The van der Waals surface area contributed by atoms with Crippen molar-refractivity contribution in [2.45, 2.75) is 0 Å². The second kappa shape index (κ2) is 4.70. The lowest BCUT2D eigenvalue weighted by molar-refractivity contribution is -0.115. The lowest BCUT2D eigenvalue weighted by Crippen LogP contribution is -2.22. The van der Waals surface area contributed by atoms with Crippen LogP contribution in [-0.4, -0.2) is 19.0 Å². The van der Waals surface area contributed by atoms with Crippen LogP contribution in [0.2, 0.25) is 0 Å². The Morgan fingerprint density at radius 3 is 2.40 bits per heavy atom. The zero-order chi connectivity index (χ0) is 14.1. The van der Waals surface area contributed by atoms with E-state index >= 15 is 0 Å². The van der Waals surface area contributed by atoms with Gasteiger partial charge in [0.25, 0.3) is 5.91 Å². The number of ether oxygens (including phenoxy) is 1. The van der Waals surface area contributed by atoms with Gasteiger partial charge in [-0.15, -0.1) is 0 Å². The van der Waals surface area contributed by atoms with Crippen molar-refractivity contribution in [1.29, 1.82) is 0 Å². The van der Waals surface area contributed by atoms with Gasteiger partial charge in [-0.05, 0) is 23.1 Å². The number of rotatable bonds is 2. The first-order valence-electron chi connectivity index (χ1n) is 6.09. The van der Waals surface area contributed by atoms with Gasteiger partial charge in [-0.25, -0.2) is 4.79 Å². The van der Waals surface area contributed by atoms with Gasteiger partial charge < -0.3 is 10.1 Å². The van der Waals surface area contributed by atoms with E-state index in [4.69, 9.17) is 4.74 Å². The van der Waals surface area contributed by atoms with E-state index in [1.54, 1.807) is 13.2 Å². The van der Waals surface area contributed by atoms with Crippen LogP contribution in [0, 0.1) is 0 Å². The molecule has 0 saturated carbocycles. The van der Waals surface area contributed by atoms with Crippen LogP contribution in [0.3, 0.4) is 0 Å². The molecule has 0 atom stereocenters. The summed E-state index contributed by atoms with van der Waals surface area (Å²) in [6, 6.07) is 10.9. The molecular weight excluding hydrogens is 256 g/mol. The zero-order valence-corrected chi connectivity index (χ0v) is 10.8. The van der Waals surface area contributed by atoms with E-state index in [9.17, 15) is 9.59 Å². The maximum absolute atomic E-state index is 11.6. The van der Waals surface area contributed by atoms with Gasteiger partial charge in [0.05, 0.1) is 7.11 Å². The van der Waals surface area contributed by atoms with Crippen LogP contribution in [0.25, 0.3) is 16.8 Å². The lowest BCUT2D eigenvalue weighted by Gasteiger charge is -2.08. The van der Waals surface area contributed by atoms with Gasteiger partial charge >= 0.3 is 6.03 Å². The summed E-state index contributed by atoms with van der Waals surface area (Å²) in [7, 11) is 1.62. The summed E-state index contributed by atoms with van der Waals surface area (Å²) in [5.41, 5.74) is 1.08. The summed E-state index contributed by atoms with van der Waals surface area (Å²) in [5, 5.41) is 6.56. The Morgan fingerprint density at radius 2 is 1.75 bits per heavy atom. The lowest BCUT2D eigenvalue weighted by atomic mass is 10.0. The number of urea groups is 1. The molecule has 0 aromatic heterocycles. The van der Waals surface area contributed by atoms with E-state index < -0.39 is 11.9 Å². The summed E-state index contributed by atoms with van der Waals surface area (Å²) in [4.78, 5) is 22.7. The second-order valence-corrected chi connectivity index (χ2v) is 4.37. The number of hydrogen-bond acceptors (Lipinski definition) is 3. The van der Waals surface area contributed by atoms with Crippen LogP contribution in [0.1, 0.15) is 5.56 Å². The van der Waals surface area contributed by atoms with Gasteiger partial charge in [-0.2, -0.15) is 0 Å². The Balaban J connectivity index is 2.16. The molecule has 2 aromatic rings. The molecule has 3 rings (SSSR count). The van der Waals surface area contributed by atoms with Crippen LogP contribution in [0.5, 0.6) is 5.75 Å². The third-order valence-electron chi connectivity index (χ3n) is 3.16. The number of hydrogen-bond donors (Lipinski definition) is 2. The van der Waals surface area contributed by atoms with Crippen molar-refractivity contribution in [3.63, 3.8) is 0 Å². The summed E-state index contributed by atoms with van der Waals surface area (Å²) in [5.74, 6) is 0.345. The molecule has 0 bridgehead atoms. The fourth-order valence-electron chi connectivity index (χ4n) is 2.24. The topological polar surface area (TPSA) is 67.4 Å². The number of carbonyl (C=O) groups excluding carboxylic acids is 2. The summed E-state index contributed by atoms with van der Waals surface area (Å²) < 4.78 is 5.32. The van der Waals surface area contributed by atoms with E-state index in [1.165, 1.54) is 0 Å². The number of carbonyl (C=O) groups is 2. The molecule has 1 aliphatic heterocycles. The van der Waals surface area contributed by atoms with Gasteiger partial charge in [-0.3, -0.25) is 10.1 Å². The molecule has 1 fully saturated rings. The van der Waals surface area contributed by atoms with E-state index in [-0.39, 0.29) is 5.70 Å². The van der Waals surface area contributed by atoms with Gasteiger partial charge in [0.1, 0.15) is 11.4 Å². The highest BCUT2D eigenvalue weighted by Crippen LogP contribution is 2.29. The molecule has 1 saturated heterocycles. The normalized spacial score (nSPS) is 16.4. The molecule has 2 aromatic carbocycles. The van der Waals surface area contributed by atoms with E-state index in [2.05, 4.69) is 10.6 Å². The maximum Gasteiger partial charge on any atom is 0.326 e. The number of nitrogens with one attached hydrogen (secondary N) is 2. The largest absolute Gasteiger partial charge is 0.496 e. The third-order valence-corrected chi connectivity index (χ3v) is 3.16. The molecule has 20 heavy (non-hydrogen) atoms. The van der Waals surface area contributed by atoms with Crippen molar-refractivity contribution in [3.05, 3.63) is 47.7 Å². The Hall–Kier alpha value is -2.82. The molecule has 5 heteroatoms. The molecule has 2 N–H and O–H groups in total. The molecule has 100 valence electrons. The molecule has 1 aliphatic rings. The van der Waals surface area contributed by atoms with Crippen LogP contribution < -0.4 is 15.4 Å². The van der Waals surface area contributed by atoms with E-state index in [0.29, 0.717) is 0 Å². The highest BCUT2D eigenvalue weighted by Gasteiger charge is 2.23. The molecule has 1 heterocycles. The Morgan fingerprint density at radius 1 is 1.00 bits per heavy atom. The van der Waals surface area contributed by atoms with Crippen molar-refractivity contribution in [3.8, 4) is 5.75 Å². The number of amides is 3. The average molecular weight is 268 g/mol. The van der Waals surface area contributed by atoms with Gasteiger partial charge in [0, 0.05) is 5.39 Å². The number of fused-ring (bicyclic) bond motifs is 1. The Bertz CT molecular complexity index is 750. The predicted molar refractivity (Wildman–Crippen MR) is 75.2 cm³/mol. The first kappa shape index (κ1) is 12.2. The van der Waals surface area contributed by atoms with Crippen molar-refractivity contribution in [2.75, 3.05) is 7.11 Å². The van der Waals surface area contributed by atoms with Crippen LogP contribution in [-0.2, 0) is 4.79 Å². The van der Waals surface area contributed by atoms with Gasteiger partial charge in [-0.1, -0.05) is 30.3 Å². The van der Waals surface area contributed by atoms with Crippen molar-refractivity contribution >= 4 is 28.8 Å². The van der Waals surface area contributed by atoms with Crippen LogP contribution in [0.15, 0.2) is 42.1 Å². The van der Waals surface area contributed by atoms with Crippen LogP contribution >= 0.6 is 0 Å². The monoisotopic (exact) mass is 268 g/mol. The second-order valence-electron chi connectivity index (χ2n) is 4.37. The fraction of sp³-hybridized carbons (Fsp3) is 0.0667. The summed E-state index contributed by atoms with van der Waals surface area (Å²) in [6.45, 7) is 0. The molecule has 3 amide bonds. The smallest absolute Gasteiger partial charge is 0.326 e. The minimum absolute atomic E-state index is 0.241. The summed E-state index contributed by atoms with van der Waals surface area (Å²) >= 11 is 0. The average Bonchev–Trinajstić information content (AvgIpc) is 2.77. The fourth-order valence-corrected chi connectivity index (χ4v) is 2.24. The van der Waals surface area contributed by atoms with Crippen molar-refractivity contribution in [2.24, 2.45) is 0 Å². The molecule has 5 nitrogen and oxygen atoms in total. The van der Waals surface area contributed by atoms with Crippen LogP contribution in [0.4, 0.5) is 4.79 Å². The SMILES string of the molecule is COc1ccc(/C=C2\NC(=O)NC2=O)c2ccccc12. The van der Waals surface area contributed by atoms with Gasteiger partial charge in [0.15, 0.2) is 0 Å². The molecular formula is C15H12N2O3. The highest BCUT2D eigenvalue weighted by molar-refractivity contribution is 6.14. The molecule has 0 radical (unpaired) electrons. The minimum Gasteiger partial charge on any atom is -0.496 e. The number of methoxy groups -OCH3 is 1. The van der Waals surface area contributed by atoms with Gasteiger partial charge in [0.2, 0.25) is 0 Å². The maximum atomic E-state index is 11.6. The van der Waals surface area contributed by atoms with Crippen molar-refractivity contribution in [1.82, 2.24) is 10.6 Å². The van der Waals surface area contributed by atoms with E-state index in [0.717, 1.165) is 22.1 Å². The standard InChI is InChI=1S/C15H12N2O3/c1-20-13-7-6-9(10-4-2-3-5-11(10)13)8-12-14(18)17-15(19)16-12/h2-8H,1H3,(H2,16,17,18,19)/b12-8-. The Labute approximate surface area is 115 Å². The molecule has 0 aliphatic carbocycles. The Kier molecular flexibility index (Phi) is 2.87. The molecule has 0 unspecified atom stereocenters. The quantitative estimate of drug-likeness (QED) is 0.647. The zero-order valence-electron chi connectivity index (χ0n) is 10.8.